The molecule has 1 saturated carbocycles. The Bertz CT molecular complexity index is 560. The van der Waals surface area contributed by atoms with E-state index >= 15 is 0 Å². The minimum Gasteiger partial charge on any atom is -0.369 e. The van der Waals surface area contributed by atoms with E-state index in [0.29, 0.717) is 12.8 Å². The van der Waals surface area contributed by atoms with Crippen LogP contribution in [0.4, 0.5) is 0 Å². The molecule has 138 valence electrons. The normalized spacial score (nSPS) is 20.4. The van der Waals surface area contributed by atoms with Gasteiger partial charge in [-0.05, 0) is 43.5 Å². The topological polar surface area (TPSA) is 63.4 Å². The van der Waals surface area contributed by atoms with Gasteiger partial charge in [0.25, 0.3) is 0 Å². The molecule has 1 aliphatic carbocycles. The summed E-state index contributed by atoms with van der Waals surface area (Å²) in [6, 6.07) is 8.37. The summed E-state index contributed by atoms with van der Waals surface area (Å²) in [5.41, 5.74) is 7.67. The number of carbonyl (C=O) groups is 2. The molecule has 1 aromatic rings. The van der Waals surface area contributed by atoms with E-state index in [0.717, 1.165) is 25.2 Å². The molecule has 25 heavy (non-hydrogen) atoms. The summed E-state index contributed by atoms with van der Waals surface area (Å²) in [6.07, 6.45) is 5.74. The van der Waals surface area contributed by atoms with Crippen LogP contribution in [-0.4, -0.2) is 29.7 Å². The number of hydrogen-bond donors (Lipinski definition) is 1. The number of rotatable bonds is 10. The van der Waals surface area contributed by atoms with Crippen molar-refractivity contribution in [3.8, 4) is 0 Å². The second-order valence-electron chi connectivity index (χ2n) is 7.28. The van der Waals surface area contributed by atoms with Crippen LogP contribution in [0.25, 0.3) is 0 Å². The second-order valence-corrected chi connectivity index (χ2v) is 7.28. The maximum absolute atomic E-state index is 12.2. The van der Waals surface area contributed by atoms with Gasteiger partial charge in [0.05, 0.1) is 0 Å². The Balaban J connectivity index is 1.98. The molecule has 0 heterocycles. The first-order chi connectivity index (χ1) is 12.0. The first-order valence-corrected chi connectivity index (χ1v) is 9.68. The fourth-order valence-electron chi connectivity index (χ4n) is 3.57. The third-order valence-electron chi connectivity index (χ3n) is 5.20. The van der Waals surface area contributed by atoms with Gasteiger partial charge in [-0.1, -0.05) is 51.0 Å². The standard InChI is InChI=1S/C21H32N2O2/c1-3-5-11-23(12-6-4-2)15-16-7-9-17(10-8-16)19-13-18(21(22)25)14-20(19)24/h7-10,18-19H,3-6,11-15H2,1-2H3,(H2,22,25)/t18-,19+/m1/s1. The van der Waals surface area contributed by atoms with Crippen molar-refractivity contribution in [1.82, 2.24) is 4.90 Å². The van der Waals surface area contributed by atoms with Gasteiger partial charge in [-0.15, -0.1) is 0 Å². The van der Waals surface area contributed by atoms with Crippen molar-refractivity contribution in [3.63, 3.8) is 0 Å². The first-order valence-electron chi connectivity index (χ1n) is 9.68. The Morgan fingerprint density at radius 2 is 1.72 bits per heavy atom. The van der Waals surface area contributed by atoms with Crippen LogP contribution in [0, 0.1) is 5.92 Å². The third kappa shape index (κ3) is 5.67. The van der Waals surface area contributed by atoms with E-state index in [1.54, 1.807) is 0 Å². The van der Waals surface area contributed by atoms with E-state index < -0.39 is 0 Å². The van der Waals surface area contributed by atoms with Gasteiger partial charge in [-0.25, -0.2) is 0 Å². The zero-order valence-corrected chi connectivity index (χ0v) is 15.7. The Labute approximate surface area is 151 Å². The van der Waals surface area contributed by atoms with Crippen molar-refractivity contribution in [2.24, 2.45) is 11.7 Å². The van der Waals surface area contributed by atoms with Crippen LogP contribution in [0.3, 0.4) is 0 Å². The number of amides is 1. The van der Waals surface area contributed by atoms with E-state index in [-0.39, 0.29) is 23.5 Å². The Morgan fingerprint density at radius 3 is 2.20 bits per heavy atom. The molecule has 1 amide bonds. The molecule has 2 atom stereocenters. The number of unbranched alkanes of at least 4 members (excludes halogenated alkanes) is 2. The minimum atomic E-state index is -0.352. The number of hydrogen-bond acceptors (Lipinski definition) is 3. The SMILES string of the molecule is CCCCN(CCCC)Cc1ccc([C@@H]2C[C@@H](C(N)=O)CC2=O)cc1. The lowest BCUT2D eigenvalue weighted by molar-refractivity contribution is -0.124. The molecule has 1 fully saturated rings. The Kier molecular flexibility index (Phi) is 7.63. The van der Waals surface area contributed by atoms with Gasteiger partial charge >= 0.3 is 0 Å². The maximum Gasteiger partial charge on any atom is 0.221 e. The highest BCUT2D eigenvalue weighted by atomic mass is 16.1. The molecule has 2 N–H and O–H groups in total. The molecular formula is C21H32N2O2. The summed E-state index contributed by atoms with van der Waals surface area (Å²) < 4.78 is 0. The molecule has 0 bridgehead atoms. The molecule has 1 aliphatic rings. The predicted octanol–water partition coefficient (Wildman–Crippen LogP) is 3.64. The van der Waals surface area contributed by atoms with E-state index in [1.807, 2.05) is 0 Å². The third-order valence-corrected chi connectivity index (χ3v) is 5.20. The summed E-state index contributed by atoms with van der Waals surface area (Å²) in [7, 11) is 0. The van der Waals surface area contributed by atoms with Crippen LogP contribution in [0.5, 0.6) is 0 Å². The maximum atomic E-state index is 12.2. The van der Waals surface area contributed by atoms with E-state index in [4.69, 9.17) is 5.73 Å². The number of nitrogens with zero attached hydrogens (tertiary/aromatic N) is 1. The van der Waals surface area contributed by atoms with Gasteiger partial charge < -0.3 is 5.73 Å². The van der Waals surface area contributed by atoms with Crippen molar-refractivity contribution in [3.05, 3.63) is 35.4 Å². The van der Waals surface area contributed by atoms with Gasteiger partial charge in [-0.3, -0.25) is 14.5 Å². The molecule has 4 nitrogen and oxygen atoms in total. The van der Waals surface area contributed by atoms with E-state index in [9.17, 15) is 9.59 Å². The fraction of sp³-hybridized carbons (Fsp3) is 0.619. The van der Waals surface area contributed by atoms with E-state index in [1.165, 1.54) is 31.2 Å². The average Bonchev–Trinajstić information content (AvgIpc) is 3.00. The highest BCUT2D eigenvalue weighted by molar-refractivity contribution is 5.94. The van der Waals surface area contributed by atoms with Gasteiger partial charge in [0.15, 0.2) is 0 Å². The van der Waals surface area contributed by atoms with Crippen molar-refractivity contribution in [2.45, 2.75) is 64.8 Å². The summed E-state index contributed by atoms with van der Waals surface area (Å²) in [5, 5.41) is 0. The Morgan fingerprint density at radius 1 is 1.12 bits per heavy atom. The molecule has 0 spiro atoms. The lowest BCUT2D eigenvalue weighted by Gasteiger charge is -2.22. The van der Waals surface area contributed by atoms with Crippen LogP contribution in [0.1, 0.15) is 69.4 Å². The highest BCUT2D eigenvalue weighted by Crippen LogP contribution is 2.35. The van der Waals surface area contributed by atoms with Crippen molar-refractivity contribution in [1.29, 1.82) is 0 Å². The van der Waals surface area contributed by atoms with Gasteiger partial charge in [0.1, 0.15) is 5.78 Å². The number of nitrogens with two attached hydrogens (primary N) is 1. The monoisotopic (exact) mass is 344 g/mol. The highest BCUT2D eigenvalue weighted by Gasteiger charge is 2.36. The molecule has 2 rings (SSSR count). The second kappa shape index (κ2) is 9.71. The van der Waals surface area contributed by atoms with Crippen LogP contribution in [0.2, 0.25) is 0 Å². The largest absolute Gasteiger partial charge is 0.369 e. The molecular weight excluding hydrogens is 312 g/mol. The summed E-state index contributed by atoms with van der Waals surface area (Å²) >= 11 is 0. The lowest BCUT2D eigenvalue weighted by Crippen LogP contribution is -2.25. The molecule has 0 aromatic heterocycles. The smallest absolute Gasteiger partial charge is 0.221 e. The average molecular weight is 344 g/mol. The summed E-state index contributed by atoms with van der Waals surface area (Å²) in [4.78, 5) is 26.0. The van der Waals surface area contributed by atoms with Crippen LogP contribution in [0.15, 0.2) is 24.3 Å². The van der Waals surface area contributed by atoms with E-state index in [2.05, 4.69) is 43.0 Å². The first kappa shape index (κ1) is 19.6. The molecule has 1 aromatic carbocycles. The zero-order valence-electron chi connectivity index (χ0n) is 15.7. The predicted molar refractivity (Wildman–Crippen MR) is 101 cm³/mol. The molecule has 0 radical (unpaired) electrons. The quantitative estimate of drug-likeness (QED) is 0.705. The van der Waals surface area contributed by atoms with Crippen molar-refractivity contribution < 1.29 is 9.59 Å². The number of primary amides is 1. The van der Waals surface area contributed by atoms with Crippen molar-refractivity contribution in [2.75, 3.05) is 13.1 Å². The van der Waals surface area contributed by atoms with Gasteiger partial charge in [0.2, 0.25) is 5.91 Å². The lowest BCUT2D eigenvalue weighted by atomic mass is 9.94. The fourth-order valence-corrected chi connectivity index (χ4v) is 3.57. The minimum absolute atomic E-state index is 0.143. The Hall–Kier alpha value is -1.68. The summed E-state index contributed by atoms with van der Waals surface area (Å²) in [6.45, 7) is 7.69. The number of ketones is 1. The summed E-state index contributed by atoms with van der Waals surface area (Å²) in [5.74, 6) is -0.669. The molecule has 0 saturated heterocycles. The van der Waals surface area contributed by atoms with Crippen LogP contribution >= 0.6 is 0 Å². The van der Waals surface area contributed by atoms with Gasteiger partial charge in [-0.2, -0.15) is 0 Å². The number of carbonyl (C=O) groups excluding carboxylic acids is 2. The van der Waals surface area contributed by atoms with Crippen LogP contribution in [-0.2, 0) is 16.1 Å². The number of Topliss-reactive ketones (excluding diaryl/α,β-unsaturated/α-hetero) is 1. The van der Waals surface area contributed by atoms with Crippen LogP contribution < -0.4 is 5.73 Å². The molecule has 0 aliphatic heterocycles. The molecule has 0 unspecified atom stereocenters. The molecule has 4 heteroatoms. The zero-order chi connectivity index (χ0) is 18.2. The number of benzene rings is 1. The van der Waals surface area contributed by atoms with Gasteiger partial charge in [0, 0.05) is 24.8 Å². The van der Waals surface area contributed by atoms with Crippen molar-refractivity contribution >= 4 is 11.7 Å².